The van der Waals surface area contributed by atoms with Crippen LogP contribution in [0.1, 0.15) is 24.5 Å². The SMILES string of the molecule is CSc1cccc(CN(C)C2CCN(CCc3c[nH]c4ccccc34)C(=O)C2C(C)O)c1. The van der Waals surface area contributed by atoms with Crippen molar-refractivity contribution in [3.63, 3.8) is 0 Å². The molecule has 3 aromatic rings. The summed E-state index contributed by atoms with van der Waals surface area (Å²) in [4.78, 5) is 22.1. The first-order chi connectivity index (χ1) is 15.5. The molecular formula is C26H33N3O2S. The number of piperidine rings is 1. The van der Waals surface area contributed by atoms with Gasteiger partial charge < -0.3 is 15.0 Å². The minimum atomic E-state index is -0.677. The van der Waals surface area contributed by atoms with E-state index in [0.717, 1.165) is 31.4 Å². The van der Waals surface area contributed by atoms with Crippen LogP contribution in [0.5, 0.6) is 0 Å². The van der Waals surface area contributed by atoms with Gasteiger partial charge in [-0.3, -0.25) is 9.69 Å². The zero-order valence-electron chi connectivity index (χ0n) is 19.1. The molecule has 0 aliphatic carbocycles. The van der Waals surface area contributed by atoms with Crippen LogP contribution in [0.3, 0.4) is 0 Å². The number of benzene rings is 2. The highest BCUT2D eigenvalue weighted by atomic mass is 32.2. The van der Waals surface area contributed by atoms with Gasteiger partial charge in [-0.1, -0.05) is 30.3 Å². The Bertz CT molecular complexity index is 1060. The smallest absolute Gasteiger partial charge is 0.229 e. The molecule has 1 aliphatic rings. The fourth-order valence-electron chi connectivity index (χ4n) is 4.97. The van der Waals surface area contributed by atoms with E-state index in [2.05, 4.69) is 59.6 Å². The van der Waals surface area contributed by atoms with Gasteiger partial charge in [-0.05, 0) is 62.4 Å². The third-order valence-corrected chi connectivity index (χ3v) is 7.41. The molecule has 1 aliphatic heterocycles. The number of likely N-dealkylation sites (tertiary alicyclic amines) is 1. The molecule has 1 saturated heterocycles. The van der Waals surface area contributed by atoms with Crippen LogP contribution in [0, 0.1) is 5.92 Å². The number of aliphatic hydroxyl groups excluding tert-OH is 1. The number of aromatic amines is 1. The van der Waals surface area contributed by atoms with Gasteiger partial charge in [0.2, 0.25) is 5.91 Å². The minimum Gasteiger partial charge on any atom is -0.393 e. The summed E-state index contributed by atoms with van der Waals surface area (Å²) >= 11 is 1.74. The number of thioether (sulfide) groups is 1. The molecule has 0 bridgehead atoms. The topological polar surface area (TPSA) is 59.6 Å². The van der Waals surface area contributed by atoms with Crippen molar-refractivity contribution >= 4 is 28.6 Å². The van der Waals surface area contributed by atoms with E-state index >= 15 is 0 Å². The second kappa shape index (κ2) is 10.1. The summed E-state index contributed by atoms with van der Waals surface area (Å²) in [5.74, 6) is -0.332. The Balaban J connectivity index is 1.43. The lowest BCUT2D eigenvalue weighted by Crippen LogP contribution is -2.56. The quantitative estimate of drug-likeness (QED) is 0.505. The number of nitrogens with one attached hydrogen (secondary N) is 1. The molecule has 2 heterocycles. The van der Waals surface area contributed by atoms with E-state index in [-0.39, 0.29) is 11.9 Å². The van der Waals surface area contributed by atoms with Crippen molar-refractivity contribution in [3.05, 3.63) is 65.9 Å². The average molecular weight is 452 g/mol. The predicted molar refractivity (Wildman–Crippen MR) is 132 cm³/mol. The van der Waals surface area contributed by atoms with Crippen molar-refractivity contribution in [2.75, 3.05) is 26.4 Å². The number of rotatable bonds is 8. The molecular weight excluding hydrogens is 418 g/mol. The number of amides is 1. The molecule has 5 nitrogen and oxygen atoms in total. The summed E-state index contributed by atoms with van der Waals surface area (Å²) in [6.07, 6.45) is 5.13. The number of nitrogens with zero attached hydrogens (tertiary/aromatic N) is 2. The highest BCUT2D eigenvalue weighted by Crippen LogP contribution is 2.28. The number of carbonyl (C=O) groups is 1. The van der Waals surface area contributed by atoms with Crippen LogP contribution in [-0.4, -0.2) is 64.3 Å². The lowest BCUT2D eigenvalue weighted by Gasteiger charge is -2.43. The van der Waals surface area contributed by atoms with Crippen LogP contribution in [0.2, 0.25) is 0 Å². The third-order valence-electron chi connectivity index (χ3n) is 6.68. The van der Waals surface area contributed by atoms with Crippen molar-refractivity contribution in [2.45, 2.75) is 43.4 Å². The maximum atomic E-state index is 13.4. The molecule has 0 spiro atoms. The molecule has 4 rings (SSSR count). The summed E-state index contributed by atoms with van der Waals surface area (Å²) in [6, 6.07) is 16.8. The Kier molecular flexibility index (Phi) is 7.23. The van der Waals surface area contributed by atoms with E-state index in [1.165, 1.54) is 21.4 Å². The second-order valence-corrected chi connectivity index (χ2v) is 9.70. The van der Waals surface area contributed by atoms with Crippen molar-refractivity contribution in [2.24, 2.45) is 5.92 Å². The molecule has 1 amide bonds. The average Bonchev–Trinajstić information content (AvgIpc) is 3.21. The van der Waals surface area contributed by atoms with E-state index in [1.54, 1.807) is 18.7 Å². The fraction of sp³-hybridized carbons (Fsp3) is 0.423. The molecule has 0 radical (unpaired) electrons. The number of para-hydroxylation sites is 1. The van der Waals surface area contributed by atoms with Gasteiger partial charge in [0.15, 0.2) is 0 Å². The molecule has 1 aromatic heterocycles. The monoisotopic (exact) mass is 451 g/mol. The fourth-order valence-corrected chi connectivity index (χ4v) is 5.45. The molecule has 6 heteroatoms. The summed E-state index contributed by atoms with van der Waals surface area (Å²) in [5, 5.41) is 11.8. The van der Waals surface area contributed by atoms with Gasteiger partial charge in [0.1, 0.15) is 0 Å². The molecule has 1 fully saturated rings. The van der Waals surface area contributed by atoms with E-state index < -0.39 is 12.0 Å². The highest BCUT2D eigenvalue weighted by Gasteiger charge is 2.41. The standard InChI is InChI=1S/C26H33N3O2S/c1-18(30)25-24(28(2)17-19-7-6-8-21(15-19)32-3)12-14-29(26(25)31)13-11-20-16-27-23-10-5-4-9-22(20)23/h4-10,15-16,18,24-25,27,30H,11-14,17H2,1-3H3. The number of aliphatic hydroxyl groups is 1. The van der Waals surface area contributed by atoms with Gasteiger partial charge in [0, 0.05) is 47.7 Å². The number of aromatic nitrogens is 1. The zero-order chi connectivity index (χ0) is 22.7. The molecule has 2 aromatic carbocycles. The van der Waals surface area contributed by atoms with Crippen LogP contribution < -0.4 is 0 Å². The first kappa shape index (κ1) is 22.9. The van der Waals surface area contributed by atoms with E-state index in [4.69, 9.17) is 0 Å². The maximum absolute atomic E-state index is 13.4. The Hall–Kier alpha value is -2.28. The van der Waals surface area contributed by atoms with Gasteiger partial charge in [-0.15, -0.1) is 11.8 Å². The maximum Gasteiger partial charge on any atom is 0.229 e. The number of fused-ring (bicyclic) bond motifs is 1. The van der Waals surface area contributed by atoms with Gasteiger partial charge in [-0.2, -0.15) is 0 Å². The molecule has 32 heavy (non-hydrogen) atoms. The van der Waals surface area contributed by atoms with Gasteiger partial charge in [-0.25, -0.2) is 0 Å². The van der Waals surface area contributed by atoms with E-state index in [9.17, 15) is 9.90 Å². The summed E-state index contributed by atoms with van der Waals surface area (Å²) < 4.78 is 0. The molecule has 170 valence electrons. The van der Waals surface area contributed by atoms with Crippen molar-refractivity contribution in [1.29, 1.82) is 0 Å². The Labute approximate surface area is 194 Å². The lowest BCUT2D eigenvalue weighted by molar-refractivity contribution is -0.147. The lowest BCUT2D eigenvalue weighted by atomic mass is 9.85. The van der Waals surface area contributed by atoms with E-state index in [0.29, 0.717) is 6.54 Å². The van der Waals surface area contributed by atoms with Crippen LogP contribution in [0.4, 0.5) is 0 Å². The number of hydrogen-bond donors (Lipinski definition) is 2. The number of hydrogen-bond acceptors (Lipinski definition) is 4. The minimum absolute atomic E-state index is 0.0322. The Morgan fingerprint density at radius 2 is 2.06 bits per heavy atom. The van der Waals surface area contributed by atoms with Crippen LogP contribution in [0.25, 0.3) is 10.9 Å². The summed E-state index contributed by atoms with van der Waals surface area (Å²) in [6.45, 7) is 3.92. The summed E-state index contributed by atoms with van der Waals surface area (Å²) in [5.41, 5.74) is 3.59. The van der Waals surface area contributed by atoms with E-state index in [1.807, 2.05) is 23.2 Å². The summed E-state index contributed by atoms with van der Waals surface area (Å²) in [7, 11) is 2.07. The molecule has 2 N–H and O–H groups in total. The number of H-pyrrole nitrogens is 1. The molecule has 3 unspecified atom stereocenters. The Morgan fingerprint density at radius 1 is 1.25 bits per heavy atom. The third kappa shape index (κ3) is 4.87. The normalized spacial score (nSPS) is 20.3. The van der Waals surface area contributed by atoms with Crippen molar-refractivity contribution in [1.82, 2.24) is 14.8 Å². The highest BCUT2D eigenvalue weighted by molar-refractivity contribution is 7.98. The van der Waals surface area contributed by atoms with Gasteiger partial charge in [0.25, 0.3) is 0 Å². The van der Waals surface area contributed by atoms with Crippen LogP contribution >= 0.6 is 11.8 Å². The first-order valence-electron chi connectivity index (χ1n) is 11.3. The number of carbonyl (C=O) groups excluding carboxylic acids is 1. The predicted octanol–water partition coefficient (Wildman–Crippen LogP) is 4.16. The van der Waals surface area contributed by atoms with Gasteiger partial charge >= 0.3 is 0 Å². The molecule has 0 saturated carbocycles. The Morgan fingerprint density at radius 3 is 2.84 bits per heavy atom. The van der Waals surface area contributed by atoms with Crippen LogP contribution in [0.15, 0.2) is 59.6 Å². The van der Waals surface area contributed by atoms with Crippen molar-refractivity contribution < 1.29 is 9.90 Å². The first-order valence-corrected chi connectivity index (χ1v) is 12.6. The molecule has 3 atom stereocenters. The largest absolute Gasteiger partial charge is 0.393 e. The van der Waals surface area contributed by atoms with Crippen LogP contribution in [-0.2, 0) is 17.8 Å². The van der Waals surface area contributed by atoms with Crippen molar-refractivity contribution in [3.8, 4) is 0 Å². The second-order valence-electron chi connectivity index (χ2n) is 8.82. The van der Waals surface area contributed by atoms with Gasteiger partial charge in [0.05, 0.1) is 12.0 Å². The zero-order valence-corrected chi connectivity index (χ0v) is 19.9.